The van der Waals surface area contributed by atoms with Crippen LogP contribution in [0.1, 0.15) is 18.7 Å². The molecule has 1 atom stereocenters. The maximum atomic E-state index is 5.88. The van der Waals surface area contributed by atoms with E-state index in [2.05, 4.69) is 20.4 Å². The van der Waals surface area contributed by atoms with Gasteiger partial charge in [0.25, 0.3) is 0 Å². The number of hydrogen-bond donors (Lipinski definition) is 2. The van der Waals surface area contributed by atoms with Crippen LogP contribution >= 0.6 is 0 Å². The van der Waals surface area contributed by atoms with Crippen molar-refractivity contribution in [3.05, 3.63) is 42.5 Å². The molecule has 0 bridgehead atoms. The van der Waals surface area contributed by atoms with E-state index in [0.717, 1.165) is 31.0 Å². The summed E-state index contributed by atoms with van der Waals surface area (Å²) in [7, 11) is 0. The summed E-state index contributed by atoms with van der Waals surface area (Å²) >= 11 is 0. The molecule has 1 aromatic carbocycles. The van der Waals surface area contributed by atoms with Crippen molar-refractivity contribution in [3.8, 4) is 5.69 Å². The fourth-order valence-corrected chi connectivity index (χ4v) is 2.39. The quantitative estimate of drug-likeness (QED) is 0.631. The number of aliphatic imine (C=N–C) groups is 1. The van der Waals surface area contributed by atoms with Crippen LogP contribution in [0.2, 0.25) is 0 Å². The number of hydrogen-bond acceptors (Lipinski definition) is 4. The number of nitrogens with zero attached hydrogens (tertiary/aromatic N) is 4. The van der Waals surface area contributed by atoms with Crippen molar-refractivity contribution in [2.24, 2.45) is 10.7 Å². The summed E-state index contributed by atoms with van der Waals surface area (Å²) in [5, 5.41) is 7.32. The molecule has 2 heterocycles. The van der Waals surface area contributed by atoms with Gasteiger partial charge in [-0.05, 0) is 25.0 Å². The molecule has 7 nitrogen and oxygen atoms in total. The highest BCUT2D eigenvalue weighted by Crippen LogP contribution is 2.10. The van der Waals surface area contributed by atoms with E-state index in [0.29, 0.717) is 19.0 Å². The van der Waals surface area contributed by atoms with Crippen LogP contribution in [-0.4, -0.2) is 40.0 Å². The zero-order chi connectivity index (χ0) is 15.2. The molecule has 1 aliphatic rings. The van der Waals surface area contributed by atoms with E-state index in [1.165, 1.54) is 6.33 Å². The van der Waals surface area contributed by atoms with Gasteiger partial charge in [0.05, 0.1) is 11.8 Å². The van der Waals surface area contributed by atoms with Crippen LogP contribution in [0.25, 0.3) is 5.69 Å². The van der Waals surface area contributed by atoms with Gasteiger partial charge in [-0.3, -0.25) is 0 Å². The van der Waals surface area contributed by atoms with Gasteiger partial charge in [0.15, 0.2) is 11.8 Å². The van der Waals surface area contributed by atoms with E-state index in [-0.39, 0.29) is 6.10 Å². The zero-order valence-electron chi connectivity index (χ0n) is 12.4. The highest BCUT2D eigenvalue weighted by Gasteiger charge is 2.15. The highest BCUT2D eigenvalue weighted by atomic mass is 16.5. The van der Waals surface area contributed by atoms with Crippen molar-refractivity contribution >= 4 is 5.96 Å². The number of rotatable bonds is 5. The first-order chi connectivity index (χ1) is 10.8. The second kappa shape index (κ2) is 7.04. The lowest BCUT2D eigenvalue weighted by Gasteiger charge is -2.11. The SMILES string of the molecule is NC(=NCc1ncnn1-c1ccccc1)NCC1CCCO1. The number of nitrogens with two attached hydrogens (primary N) is 1. The van der Waals surface area contributed by atoms with Crippen LogP contribution in [0.3, 0.4) is 0 Å². The molecule has 1 fully saturated rings. The van der Waals surface area contributed by atoms with Crippen LogP contribution < -0.4 is 11.1 Å². The topological polar surface area (TPSA) is 90.4 Å². The van der Waals surface area contributed by atoms with Crippen molar-refractivity contribution in [2.45, 2.75) is 25.5 Å². The lowest BCUT2D eigenvalue weighted by Crippen LogP contribution is -2.37. The minimum Gasteiger partial charge on any atom is -0.376 e. The number of ether oxygens (including phenoxy) is 1. The summed E-state index contributed by atoms with van der Waals surface area (Å²) in [5.74, 6) is 1.14. The summed E-state index contributed by atoms with van der Waals surface area (Å²) in [6, 6.07) is 9.83. The number of benzene rings is 1. The molecule has 0 aliphatic carbocycles. The molecule has 3 rings (SSSR count). The largest absolute Gasteiger partial charge is 0.376 e. The molecule has 0 spiro atoms. The van der Waals surface area contributed by atoms with Crippen LogP contribution in [-0.2, 0) is 11.3 Å². The molecule has 3 N–H and O–H groups in total. The Bertz CT molecular complexity index is 618. The predicted molar refractivity (Wildman–Crippen MR) is 83.7 cm³/mol. The Labute approximate surface area is 129 Å². The van der Waals surface area contributed by atoms with E-state index < -0.39 is 0 Å². The third kappa shape index (κ3) is 3.62. The molecule has 2 aromatic rings. The molecule has 0 radical (unpaired) electrons. The maximum absolute atomic E-state index is 5.88. The van der Waals surface area contributed by atoms with Gasteiger partial charge in [0.1, 0.15) is 12.9 Å². The van der Waals surface area contributed by atoms with Crippen molar-refractivity contribution in [3.63, 3.8) is 0 Å². The maximum Gasteiger partial charge on any atom is 0.189 e. The van der Waals surface area contributed by atoms with Gasteiger partial charge in [-0.2, -0.15) is 5.10 Å². The van der Waals surface area contributed by atoms with Crippen LogP contribution in [0.5, 0.6) is 0 Å². The Morgan fingerprint density at radius 1 is 1.41 bits per heavy atom. The van der Waals surface area contributed by atoms with Gasteiger partial charge in [0.2, 0.25) is 0 Å². The van der Waals surface area contributed by atoms with Crippen molar-refractivity contribution in [2.75, 3.05) is 13.2 Å². The number of para-hydroxylation sites is 1. The minimum absolute atomic E-state index is 0.238. The van der Waals surface area contributed by atoms with E-state index in [1.54, 1.807) is 4.68 Å². The standard InChI is InChI=1S/C15H20N6O/c16-15(17-9-13-7-4-8-22-13)18-10-14-19-11-20-21(14)12-5-2-1-3-6-12/h1-3,5-6,11,13H,4,7-10H2,(H3,16,17,18). The van der Waals surface area contributed by atoms with Gasteiger partial charge in [-0.15, -0.1) is 0 Å². The van der Waals surface area contributed by atoms with E-state index in [1.807, 2.05) is 30.3 Å². The van der Waals surface area contributed by atoms with Crippen molar-refractivity contribution < 1.29 is 4.74 Å². The molecule has 1 saturated heterocycles. The lowest BCUT2D eigenvalue weighted by atomic mass is 10.2. The van der Waals surface area contributed by atoms with Crippen LogP contribution in [0.15, 0.2) is 41.7 Å². The first-order valence-electron chi connectivity index (χ1n) is 7.42. The fourth-order valence-electron chi connectivity index (χ4n) is 2.39. The monoisotopic (exact) mass is 300 g/mol. The Balaban J connectivity index is 1.59. The second-order valence-corrected chi connectivity index (χ2v) is 5.14. The van der Waals surface area contributed by atoms with E-state index >= 15 is 0 Å². The first-order valence-corrected chi connectivity index (χ1v) is 7.42. The molecular weight excluding hydrogens is 280 g/mol. The molecule has 1 aliphatic heterocycles. The zero-order valence-corrected chi connectivity index (χ0v) is 12.4. The van der Waals surface area contributed by atoms with Gasteiger partial charge in [-0.1, -0.05) is 18.2 Å². The summed E-state index contributed by atoms with van der Waals surface area (Å²) in [4.78, 5) is 8.56. The summed E-state index contributed by atoms with van der Waals surface area (Å²) in [6.07, 6.45) is 3.95. The normalized spacial score (nSPS) is 18.5. The average molecular weight is 300 g/mol. The van der Waals surface area contributed by atoms with Crippen LogP contribution in [0, 0.1) is 0 Å². The Hall–Kier alpha value is -2.41. The summed E-state index contributed by atoms with van der Waals surface area (Å²) < 4.78 is 7.29. The van der Waals surface area contributed by atoms with Gasteiger partial charge < -0.3 is 15.8 Å². The Morgan fingerprint density at radius 2 is 2.27 bits per heavy atom. The second-order valence-electron chi connectivity index (χ2n) is 5.14. The third-order valence-electron chi connectivity index (χ3n) is 3.54. The average Bonchev–Trinajstić information content (AvgIpc) is 3.23. The van der Waals surface area contributed by atoms with Crippen molar-refractivity contribution in [1.82, 2.24) is 20.1 Å². The van der Waals surface area contributed by atoms with Crippen LogP contribution in [0.4, 0.5) is 0 Å². The number of aromatic nitrogens is 3. The molecule has 1 unspecified atom stereocenters. The first kappa shape index (κ1) is 14.5. The van der Waals surface area contributed by atoms with Gasteiger partial charge in [0, 0.05) is 13.2 Å². The smallest absolute Gasteiger partial charge is 0.189 e. The van der Waals surface area contributed by atoms with Gasteiger partial charge >= 0.3 is 0 Å². The third-order valence-corrected chi connectivity index (χ3v) is 3.54. The minimum atomic E-state index is 0.238. The summed E-state index contributed by atoms with van der Waals surface area (Å²) in [5.41, 5.74) is 6.84. The predicted octanol–water partition coefficient (Wildman–Crippen LogP) is 0.851. The number of nitrogens with one attached hydrogen (secondary N) is 1. The van der Waals surface area contributed by atoms with Gasteiger partial charge in [-0.25, -0.2) is 14.7 Å². The molecule has 0 saturated carbocycles. The van der Waals surface area contributed by atoms with Crippen molar-refractivity contribution in [1.29, 1.82) is 0 Å². The molecule has 7 heteroatoms. The molecule has 22 heavy (non-hydrogen) atoms. The molecule has 0 amide bonds. The Kier molecular flexibility index (Phi) is 4.65. The summed E-state index contributed by atoms with van der Waals surface area (Å²) in [6.45, 7) is 1.91. The molecule has 1 aromatic heterocycles. The van der Waals surface area contributed by atoms with E-state index in [4.69, 9.17) is 10.5 Å². The molecule has 116 valence electrons. The van der Waals surface area contributed by atoms with E-state index in [9.17, 15) is 0 Å². The highest BCUT2D eigenvalue weighted by molar-refractivity contribution is 5.77. The lowest BCUT2D eigenvalue weighted by molar-refractivity contribution is 0.114. The molecular formula is C15H20N6O. The fraction of sp³-hybridized carbons (Fsp3) is 0.400. The Morgan fingerprint density at radius 3 is 3.05 bits per heavy atom. The number of guanidine groups is 1.